The van der Waals surface area contributed by atoms with Gasteiger partial charge in [-0.15, -0.1) is 0 Å². The number of benzene rings is 1. The van der Waals surface area contributed by atoms with Crippen molar-refractivity contribution in [2.45, 2.75) is 62.9 Å². The lowest BCUT2D eigenvalue weighted by Gasteiger charge is -2.44. The van der Waals surface area contributed by atoms with Crippen LogP contribution in [0.1, 0.15) is 56.9 Å². The number of likely N-dealkylation sites (N-methyl/N-ethyl adjacent to an activating group) is 1. The molecule has 1 spiro atoms. The summed E-state index contributed by atoms with van der Waals surface area (Å²) in [6.07, 6.45) is 7.52. The van der Waals surface area contributed by atoms with Gasteiger partial charge in [-0.2, -0.15) is 0 Å². The molecule has 1 aromatic rings. The molecular weight excluding hydrogens is 408 g/mol. The van der Waals surface area contributed by atoms with E-state index in [9.17, 15) is 9.59 Å². The van der Waals surface area contributed by atoms with Gasteiger partial charge in [0.1, 0.15) is 6.10 Å². The number of esters is 1. The molecule has 32 heavy (non-hydrogen) atoms. The lowest BCUT2D eigenvalue weighted by molar-refractivity contribution is -0.154. The molecule has 1 N–H and O–H groups in total. The number of carbonyl (C=O) groups is 3. The van der Waals surface area contributed by atoms with E-state index in [0.29, 0.717) is 13.1 Å². The fraction of sp³-hybridized carbons (Fsp3) is 0.640. The number of hydrogen-bond acceptors (Lipinski definition) is 5. The quantitative estimate of drug-likeness (QED) is 0.567. The van der Waals surface area contributed by atoms with Gasteiger partial charge in [0.25, 0.3) is 6.47 Å². The molecule has 1 atom stereocenters. The van der Waals surface area contributed by atoms with E-state index in [1.807, 2.05) is 37.2 Å². The Kier molecular flexibility index (Phi) is 7.93. The number of rotatable bonds is 4. The number of carboxylic acid groups (broad SMARTS) is 1. The standard InChI is InChI=1S/C24H34N2O3.CH2O2/c1-25(2)18-20-17-23(22(28)29-20)13-15-26(16-14-23)21(27)24(11-7-4-8-12-24)19-9-5-3-6-10-19;2-1-3/h3,5-6,9-10,20H,4,7-8,11-18H2,1-2H3;1H,(H,2,3). The molecule has 1 amide bonds. The molecule has 4 rings (SSSR count). The zero-order valence-corrected chi connectivity index (χ0v) is 19.3. The third kappa shape index (κ3) is 4.98. The van der Waals surface area contributed by atoms with Gasteiger partial charge in [0.2, 0.25) is 5.91 Å². The Morgan fingerprint density at radius 3 is 2.28 bits per heavy atom. The summed E-state index contributed by atoms with van der Waals surface area (Å²) in [5.74, 6) is 0.223. The molecular formula is C25H36N2O5. The molecule has 0 radical (unpaired) electrons. The van der Waals surface area contributed by atoms with Crippen molar-refractivity contribution in [2.24, 2.45) is 5.41 Å². The van der Waals surface area contributed by atoms with Crippen molar-refractivity contribution in [3.8, 4) is 0 Å². The van der Waals surface area contributed by atoms with Crippen LogP contribution in [0.3, 0.4) is 0 Å². The molecule has 1 saturated carbocycles. The van der Waals surface area contributed by atoms with Crippen molar-refractivity contribution in [3.63, 3.8) is 0 Å². The molecule has 0 aromatic heterocycles. The highest BCUT2D eigenvalue weighted by atomic mass is 16.6. The minimum atomic E-state index is -0.385. The molecule has 176 valence electrons. The highest BCUT2D eigenvalue weighted by Gasteiger charge is 2.52. The van der Waals surface area contributed by atoms with Gasteiger partial charge in [0.15, 0.2) is 0 Å². The first-order valence-corrected chi connectivity index (χ1v) is 11.7. The van der Waals surface area contributed by atoms with E-state index >= 15 is 0 Å². The number of amides is 1. The van der Waals surface area contributed by atoms with E-state index in [1.165, 1.54) is 6.42 Å². The van der Waals surface area contributed by atoms with E-state index in [0.717, 1.165) is 57.1 Å². The maximum atomic E-state index is 13.8. The number of piperidine rings is 1. The summed E-state index contributed by atoms with van der Waals surface area (Å²) >= 11 is 0. The summed E-state index contributed by atoms with van der Waals surface area (Å²) in [6, 6.07) is 10.3. The van der Waals surface area contributed by atoms with Crippen molar-refractivity contribution in [3.05, 3.63) is 35.9 Å². The van der Waals surface area contributed by atoms with Gasteiger partial charge in [-0.1, -0.05) is 49.6 Å². The van der Waals surface area contributed by atoms with Gasteiger partial charge in [0, 0.05) is 26.1 Å². The zero-order chi connectivity index (χ0) is 23.2. The summed E-state index contributed by atoms with van der Waals surface area (Å²) in [4.78, 5) is 38.9. The van der Waals surface area contributed by atoms with Crippen LogP contribution in [-0.4, -0.2) is 73.1 Å². The molecule has 2 aliphatic heterocycles. The number of cyclic esters (lactones) is 1. The molecule has 7 nitrogen and oxygen atoms in total. The molecule has 7 heteroatoms. The molecule has 2 heterocycles. The summed E-state index contributed by atoms with van der Waals surface area (Å²) in [7, 11) is 4.01. The van der Waals surface area contributed by atoms with Gasteiger partial charge in [-0.05, 0) is 45.3 Å². The van der Waals surface area contributed by atoms with Gasteiger partial charge >= 0.3 is 5.97 Å². The van der Waals surface area contributed by atoms with Crippen molar-refractivity contribution in [2.75, 3.05) is 33.7 Å². The maximum Gasteiger partial charge on any atom is 0.312 e. The van der Waals surface area contributed by atoms with Crippen LogP contribution in [0.25, 0.3) is 0 Å². The topological polar surface area (TPSA) is 87.2 Å². The largest absolute Gasteiger partial charge is 0.483 e. The second-order valence-corrected chi connectivity index (χ2v) is 9.68. The first-order valence-electron chi connectivity index (χ1n) is 11.7. The zero-order valence-electron chi connectivity index (χ0n) is 19.3. The Bertz CT molecular complexity index is 781. The minimum absolute atomic E-state index is 0.0197. The van der Waals surface area contributed by atoms with Crippen LogP contribution in [0, 0.1) is 5.41 Å². The smallest absolute Gasteiger partial charge is 0.312 e. The van der Waals surface area contributed by atoms with Crippen molar-refractivity contribution >= 4 is 18.3 Å². The predicted molar refractivity (Wildman–Crippen MR) is 121 cm³/mol. The third-order valence-corrected chi connectivity index (χ3v) is 7.34. The normalized spacial score (nSPS) is 23.9. The van der Waals surface area contributed by atoms with Crippen LogP contribution in [0.4, 0.5) is 0 Å². The van der Waals surface area contributed by atoms with Gasteiger partial charge in [-0.25, -0.2) is 0 Å². The second-order valence-electron chi connectivity index (χ2n) is 9.68. The average Bonchev–Trinajstić information content (AvgIpc) is 3.08. The summed E-state index contributed by atoms with van der Waals surface area (Å²) in [5, 5.41) is 6.89. The summed E-state index contributed by atoms with van der Waals surface area (Å²) in [6.45, 7) is 1.85. The van der Waals surface area contributed by atoms with Gasteiger partial charge in [-0.3, -0.25) is 14.4 Å². The van der Waals surface area contributed by atoms with E-state index in [1.54, 1.807) is 0 Å². The van der Waals surface area contributed by atoms with Crippen LogP contribution in [0.15, 0.2) is 30.3 Å². The monoisotopic (exact) mass is 444 g/mol. The Morgan fingerprint density at radius 2 is 1.72 bits per heavy atom. The lowest BCUT2D eigenvalue weighted by Crippen LogP contribution is -2.52. The Morgan fingerprint density at radius 1 is 1.12 bits per heavy atom. The molecule has 1 aromatic carbocycles. The second kappa shape index (κ2) is 10.5. The van der Waals surface area contributed by atoms with E-state index < -0.39 is 0 Å². The number of likely N-dealkylation sites (tertiary alicyclic amines) is 1. The van der Waals surface area contributed by atoms with Crippen molar-refractivity contribution in [1.82, 2.24) is 9.80 Å². The van der Waals surface area contributed by atoms with Crippen molar-refractivity contribution in [1.29, 1.82) is 0 Å². The predicted octanol–water partition coefficient (Wildman–Crippen LogP) is 3.08. The van der Waals surface area contributed by atoms with Crippen LogP contribution in [-0.2, 0) is 24.5 Å². The van der Waals surface area contributed by atoms with E-state index in [4.69, 9.17) is 14.6 Å². The van der Waals surface area contributed by atoms with Crippen LogP contribution < -0.4 is 0 Å². The third-order valence-electron chi connectivity index (χ3n) is 7.34. The lowest BCUT2D eigenvalue weighted by atomic mass is 9.67. The molecule has 3 fully saturated rings. The molecule has 3 aliphatic rings. The Labute approximate surface area is 190 Å². The van der Waals surface area contributed by atoms with Crippen LogP contribution in [0.5, 0.6) is 0 Å². The van der Waals surface area contributed by atoms with Gasteiger partial charge < -0.3 is 19.6 Å². The Balaban J connectivity index is 0.000000913. The molecule has 1 aliphatic carbocycles. The number of nitrogens with zero attached hydrogens (tertiary/aromatic N) is 2. The Hall–Kier alpha value is -2.41. The fourth-order valence-corrected chi connectivity index (χ4v) is 5.73. The fourth-order valence-electron chi connectivity index (χ4n) is 5.73. The van der Waals surface area contributed by atoms with Gasteiger partial charge in [0.05, 0.1) is 10.8 Å². The molecule has 1 unspecified atom stereocenters. The molecule has 0 bridgehead atoms. The highest BCUT2D eigenvalue weighted by molar-refractivity contribution is 5.89. The first-order chi connectivity index (χ1) is 15.4. The number of ether oxygens (including phenoxy) is 1. The number of hydrogen-bond donors (Lipinski definition) is 1. The summed E-state index contributed by atoms with van der Waals surface area (Å²) in [5.41, 5.74) is 0.397. The molecule has 2 saturated heterocycles. The maximum absolute atomic E-state index is 13.8. The minimum Gasteiger partial charge on any atom is -0.483 e. The van der Waals surface area contributed by atoms with Crippen LogP contribution >= 0.6 is 0 Å². The highest BCUT2D eigenvalue weighted by Crippen LogP contribution is 2.46. The average molecular weight is 445 g/mol. The summed E-state index contributed by atoms with van der Waals surface area (Å²) < 4.78 is 5.68. The SMILES string of the molecule is CN(C)CC1CC2(CCN(C(=O)C3(c4ccccc4)CCCCC3)CC2)C(=O)O1.O=CO. The van der Waals surface area contributed by atoms with E-state index in [2.05, 4.69) is 17.0 Å². The number of carbonyl (C=O) groups excluding carboxylic acids is 2. The van der Waals surface area contributed by atoms with Crippen molar-refractivity contribution < 1.29 is 24.2 Å². The van der Waals surface area contributed by atoms with Crippen LogP contribution in [0.2, 0.25) is 0 Å². The van der Waals surface area contributed by atoms with E-state index in [-0.39, 0.29) is 35.3 Å². The first kappa shape index (κ1) is 24.2.